The van der Waals surface area contributed by atoms with Crippen molar-refractivity contribution in [2.75, 3.05) is 39.5 Å². The second kappa shape index (κ2) is 34.2. The number of unbranched alkanes of at least 4 members (excludes halogenated alkanes) is 8. The Hall–Kier alpha value is -4.16. The molecular formula is C36H58N2O10. The van der Waals surface area contributed by atoms with Crippen molar-refractivity contribution in [2.24, 2.45) is 0 Å². The molecule has 2 aromatic rings. The summed E-state index contributed by atoms with van der Waals surface area (Å²) in [7, 11) is 0. The molecule has 272 valence electrons. The Balaban J connectivity index is 0. The number of benzene rings is 2. The molecule has 0 aliphatic carbocycles. The van der Waals surface area contributed by atoms with E-state index in [1.165, 1.54) is 25.7 Å². The molecule has 0 heterocycles. The average molecular weight is 679 g/mol. The van der Waals surface area contributed by atoms with Gasteiger partial charge in [-0.25, -0.2) is 0 Å². The highest BCUT2D eigenvalue weighted by atomic mass is 16.6. The Morgan fingerprint density at radius 3 is 1.48 bits per heavy atom. The van der Waals surface area contributed by atoms with Crippen LogP contribution in [-0.4, -0.2) is 79.0 Å². The highest BCUT2D eigenvalue weighted by Gasteiger charge is 2.07. The molecule has 6 N–H and O–H groups in total. The topological polar surface area (TPSA) is 192 Å². The number of aliphatic carboxylic acids is 1. The highest BCUT2D eigenvalue weighted by molar-refractivity contribution is 5.82. The van der Waals surface area contributed by atoms with E-state index in [1.54, 1.807) is 0 Å². The molecule has 2 aromatic carbocycles. The second-order valence-corrected chi connectivity index (χ2v) is 10.5. The monoisotopic (exact) mass is 678 g/mol. The first-order valence-corrected chi connectivity index (χ1v) is 16.7. The fourth-order valence-electron chi connectivity index (χ4n) is 3.86. The van der Waals surface area contributed by atoms with Gasteiger partial charge < -0.3 is 40.5 Å². The van der Waals surface area contributed by atoms with Crippen molar-refractivity contribution in [3.63, 3.8) is 0 Å². The van der Waals surface area contributed by atoms with Crippen molar-refractivity contribution >= 4 is 23.8 Å². The van der Waals surface area contributed by atoms with Gasteiger partial charge >= 0.3 is 11.9 Å². The van der Waals surface area contributed by atoms with Gasteiger partial charge in [0.05, 0.1) is 6.61 Å². The van der Waals surface area contributed by atoms with E-state index in [1.807, 2.05) is 60.7 Å². The first-order chi connectivity index (χ1) is 22.8. The predicted molar refractivity (Wildman–Crippen MR) is 186 cm³/mol. The van der Waals surface area contributed by atoms with E-state index < -0.39 is 11.9 Å². The molecule has 2 rings (SSSR count). The second-order valence-electron chi connectivity index (χ2n) is 10.5. The maximum absolute atomic E-state index is 11.6. The first-order valence-electron chi connectivity index (χ1n) is 16.7. The molecule has 0 unspecified atom stereocenters. The van der Waals surface area contributed by atoms with Crippen LogP contribution in [0.25, 0.3) is 0 Å². The molecule has 0 aliphatic rings. The van der Waals surface area contributed by atoms with Gasteiger partial charge in [-0.3, -0.25) is 19.2 Å². The van der Waals surface area contributed by atoms with Gasteiger partial charge in [0.1, 0.15) is 44.4 Å². The number of ether oxygens (including phenoxy) is 3. The lowest BCUT2D eigenvalue weighted by Gasteiger charge is -2.08. The number of para-hydroxylation sites is 2. The zero-order chi connectivity index (χ0) is 34.8. The van der Waals surface area contributed by atoms with Crippen molar-refractivity contribution < 1.29 is 49.1 Å². The van der Waals surface area contributed by atoms with Gasteiger partial charge in [0.2, 0.25) is 11.8 Å². The summed E-state index contributed by atoms with van der Waals surface area (Å²) in [6.45, 7) is 4.83. The summed E-state index contributed by atoms with van der Waals surface area (Å²) in [4.78, 5) is 44.1. The Morgan fingerprint density at radius 2 is 1.04 bits per heavy atom. The molecule has 0 saturated carbocycles. The van der Waals surface area contributed by atoms with Crippen LogP contribution in [0.2, 0.25) is 0 Å². The third kappa shape index (κ3) is 31.8. The minimum Gasteiger partial charge on any atom is -0.491 e. The number of aliphatic hydroxyl groups is 1. The van der Waals surface area contributed by atoms with E-state index in [9.17, 15) is 19.2 Å². The summed E-state index contributed by atoms with van der Waals surface area (Å²) in [5, 5.41) is 21.6. The standard InChI is InChI=1S/C18H27NO4.C10H19NO3.C8H10O2.H2O/c1-2-3-4-5-9-12-17(20)19-15-18(21)23-14-13-22-16-10-7-6-8-11-16;1-2-3-4-5-6-7-9(12)11-8-10(13)14;9-6-7-10-8-4-2-1-3-5-8;/h6-8,10-11H,2-5,9,12-15H2,1H3,(H,19,20);2-8H2,1H3,(H,11,12)(H,13,14);1-5,9H,6-7H2;1H2. The summed E-state index contributed by atoms with van der Waals surface area (Å²) in [6, 6.07) is 18.7. The molecule has 0 fully saturated rings. The van der Waals surface area contributed by atoms with Crippen LogP contribution in [0.1, 0.15) is 90.9 Å². The quantitative estimate of drug-likeness (QED) is 0.0938. The number of carboxylic acid groups (broad SMARTS) is 1. The minimum atomic E-state index is -0.996. The number of carbonyl (C=O) groups is 4. The SMILES string of the molecule is CCCCCCCC(=O)NCC(=O)O.CCCCCCCC(=O)NCC(=O)OCCOc1ccccc1.O.OCCOc1ccccc1. The van der Waals surface area contributed by atoms with Gasteiger partial charge in [0.25, 0.3) is 0 Å². The van der Waals surface area contributed by atoms with Crippen LogP contribution in [0.5, 0.6) is 11.5 Å². The highest BCUT2D eigenvalue weighted by Crippen LogP contribution is 2.08. The molecular weight excluding hydrogens is 620 g/mol. The summed E-state index contributed by atoms with van der Waals surface area (Å²) in [5.74, 6) is -0.162. The third-order valence-corrected chi connectivity index (χ3v) is 6.34. The summed E-state index contributed by atoms with van der Waals surface area (Å²) < 4.78 is 15.5. The maximum atomic E-state index is 11.6. The van der Waals surface area contributed by atoms with Crippen LogP contribution in [0.3, 0.4) is 0 Å². The predicted octanol–water partition coefficient (Wildman–Crippen LogP) is 4.87. The minimum absolute atomic E-state index is 0. The molecule has 0 atom stereocenters. The first kappa shape index (κ1) is 46.0. The third-order valence-electron chi connectivity index (χ3n) is 6.34. The number of esters is 1. The zero-order valence-electron chi connectivity index (χ0n) is 28.8. The van der Waals surface area contributed by atoms with Gasteiger partial charge in [0, 0.05) is 12.8 Å². The van der Waals surface area contributed by atoms with E-state index in [2.05, 4.69) is 24.5 Å². The van der Waals surface area contributed by atoms with Crippen molar-refractivity contribution in [3.8, 4) is 11.5 Å². The van der Waals surface area contributed by atoms with Crippen LogP contribution in [0.4, 0.5) is 0 Å². The van der Waals surface area contributed by atoms with E-state index in [0.29, 0.717) is 26.1 Å². The number of hydrogen-bond donors (Lipinski definition) is 4. The molecule has 12 nitrogen and oxygen atoms in total. The number of carboxylic acids is 1. The van der Waals surface area contributed by atoms with Crippen LogP contribution in [0, 0.1) is 0 Å². The van der Waals surface area contributed by atoms with Crippen LogP contribution < -0.4 is 20.1 Å². The van der Waals surface area contributed by atoms with Gasteiger partial charge in [-0.2, -0.15) is 0 Å². The molecule has 2 amide bonds. The Morgan fingerprint density at radius 1 is 0.604 bits per heavy atom. The molecule has 12 heteroatoms. The smallest absolute Gasteiger partial charge is 0.325 e. The number of aliphatic hydroxyl groups excluding tert-OH is 1. The summed E-state index contributed by atoms with van der Waals surface area (Å²) in [6.07, 6.45) is 11.8. The van der Waals surface area contributed by atoms with Crippen LogP contribution in [-0.2, 0) is 23.9 Å². The van der Waals surface area contributed by atoms with Gasteiger partial charge in [-0.05, 0) is 37.1 Å². The Kier molecular flexibility index (Phi) is 32.7. The molecule has 0 spiro atoms. The van der Waals surface area contributed by atoms with Gasteiger partial charge in [0.15, 0.2) is 0 Å². The lowest BCUT2D eigenvalue weighted by Crippen LogP contribution is -2.31. The van der Waals surface area contributed by atoms with E-state index in [0.717, 1.165) is 50.0 Å². The normalized spacial score (nSPS) is 9.65. The van der Waals surface area contributed by atoms with Crippen molar-refractivity contribution in [2.45, 2.75) is 90.9 Å². The lowest BCUT2D eigenvalue weighted by atomic mass is 10.1. The van der Waals surface area contributed by atoms with Crippen LogP contribution >= 0.6 is 0 Å². The zero-order valence-corrected chi connectivity index (χ0v) is 28.8. The molecule has 48 heavy (non-hydrogen) atoms. The number of hydrogen-bond acceptors (Lipinski definition) is 8. The molecule has 0 aliphatic heterocycles. The number of nitrogens with one attached hydrogen (secondary N) is 2. The van der Waals surface area contributed by atoms with Crippen molar-refractivity contribution in [1.29, 1.82) is 0 Å². The Labute approximate surface area is 285 Å². The molecule has 0 saturated heterocycles. The number of amides is 2. The van der Waals surface area contributed by atoms with Gasteiger partial charge in [-0.15, -0.1) is 0 Å². The van der Waals surface area contributed by atoms with E-state index in [4.69, 9.17) is 24.4 Å². The van der Waals surface area contributed by atoms with E-state index in [-0.39, 0.29) is 43.6 Å². The summed E-state index contributed by atoms with van der Waals surface area (Å²) >= 11 is 0. The lowest BCUT2D eigenvalue weighted by molar-refractivity contribution is -0.144. The largest absolute Gasteiger partial charge is 0.491 e. The maximum Gasteiger partial charge on any atom is 0.325 e. The average Bonchev–Trinajstić information content (AvgIpc) is 3.08. The van der Waals surface area contributed by atoms with Crippen molar-refractivity contribution in [1.82, 2.24) is 10.6 Å². The van der Waals surface area contributed by atoms with Crippen LogP contribution in [0.15, 0.2) is 60.7 Å². The fraction of sp³-hybridized carbons (Fsp3) is 0.556. The molecule has 0 aromatic heterocycles. The fourth-order valence-corrected chi connectivity index (χ4v) is 3.86. The van der Waals surface area contributed by atoms with Gasteiger partial charge in [-0.1, -0.05) is 102 Å². The number of rotatable bonds is 23. The van der Waals surface area contributed by atoms with Crippen molar-refractivity contribution in [3.05, 3.63) is 60.7 Å². The Bertz CT molecular complexity index is 1060. The van der Waals surface area contributed by atoms with E-state index >= 15 is 0 Å². The molecule has 0 bridgehead atoms. The number of carbonyl (C=O) groups excluding carboxylic acids is 3. The molecule has 0 radical (unpaired) electrons. The summed E-state index contributed by atoms with van der Waals surface area (Å²) in [5.41, 5.74) is 0.